The molecule has 0 unspecified atom stereocenters. The van der Waals surface area contributed by atoms with Gasteiger partial charge in [0.1, 0.15) is 17.7 Å². The molecule has 2 amide bonds. The molecule has 9 heteroatoms. The first-order valence-electron chi connectivity index (χ1n) is 11.9. The number of aliphatic hydroxyl groups excluding tert-OH is 1. The molecule has 1 saturated carbocycles. The second kappa shape index (κ2) is 10.8. The van der Waals surface area contributed by atoms with Gasteiger partial charge in [0.05, 0.1) is 18.7 Å². The van der Waals surface area contributed by atoms with Gasteiger partial charge < -0.3 is 14.7 Å². The summed E-state index contributed by atoms with van der Waals surface area (Å²) in [5.74, 6) is 0.597. The molecule has 1 fully saturated rings. The maximum atomic E-state index is 12.8. The van der Waals surface area contributed by atoms with E-state index in [4.69, 9.17) is 4.74 Å². The van der Waals surface area contributed by atoms with Gasteiger partial charge in [-0.15, -0.1) is 0 Å². The number of hydrogen-bond donors (Lipinski definition) is 2. The van der Waals surface area contributed by atoms with Gasteiger partial charge in [-0.3, -0.25) is 24.3 Å². The predicted octanol–water partition coefficient (Wildman–Crippen LogP) is 2.44. The maximum Gasteiger partial charge on any atom is 0.267 e. The number of ether oxygens (including phenoxy) is 1. The zero-order chi connectivity index (χ0) is 23.2. The van der Waals surface area contributed by atoms with Gasteiger partial charge in [-0.2, -0.15) is 0 Å². The Labute approximate surface area is 192 Å². The highest BCUT2D eigenvalue weighted by Crippen LogP contribution is 2.25. The van der Waals surface area contributed by atoms with Crippen LogP contribution in [0, 0.1) is 0 Å². The molecule has 1 aliphatic carbocycles. The monoisotopic (exact) mass is 456 g/mol. The third-order valence-corrected chi connectivity index (χ3v) is 6.47. The molecule has 2 N–H and O–H groups in total. The number of benzene rings is 1. The molecule has 33 heavy (non-hydrogen) atoms. The number of amides is 2. The fourth-order valence-corrected chi connectivity index (χ4v) is 4.80. The van der Waals surface area contributed by atoms with Crippen molar-refractivity contribution in [3.63, 3.8) is 0 Å². The summed E-state index contributed by atoms with van der Waals surface area (Å²) in [6.07, 6.45) is 8.43. The van der Waals surface area contributed by atoms with Gasteiger partial charge in [-0.1, -0.05) is 25.3 Å². The summed E-state index contributed by atoms with van der Waals surface area (Å²) in [6.45, 7) is 0.813. The van der Waals surface area contributed by atoms with Gasteiger partial charge in [0.2, 0.25) is 17.8 Å². The Morgan fingerprint density at radius 3 is 2.79 bits per heavy atom. The molecule has 4 rings (SSSR count). The molecule has 0 spiro atoms. The van der Waals surface area contributed by atoms with Gasteiger partial charge in [-0.05, 0) is 44.2 Å². The maximum absolute atomic E-state index is 12.8. The van der Waals surface area contributed by atoms with E-state index in [1.54, 1.807) is 18.2 Å². The smallest absolute Gasteiger partial charge is 0.267 e. The number of nitrogens with zero attached hydrogens (tertiary/aromatic N) is 3. The first kappa shape index (κ1) is 23.2. The lowest BCUT2D eigenvalue weighted by molar-refractivity contribution is -0.135. The van der Waals surface area contributed by atoms with Crippen LogP contribution in [0.1, 0.15) is 57.8 Å². The fourth-order valence-electron chi connectivity index (χ4n) is 4.80. The zero-order valence-electron chi connectivity index (χ0n) is 18.9. The minimum absolute atomic E-state index is 0.00336. The van der Waals surface area contributed by atoms with Crippen LogP contribution < -0.4 is 15.6 Å². The van der Waals surface area contributed by atoms with Crippen molar-refractivity contribution in [2.75, 3.05) is 25.1 Å². The number of rotatable bonds is 10. The third-order valence-electron chi connectivity index (χ3n) is 6.47. The molecule has 2 aliphatic rings. The number of fused-ring (bicyclic) bond motifs is 2. The van der Waals surface area contributed by atoms with Crippen LogP contribution in [0.25, 0.3) is 10.9 Å². The molecule has 1 aromatic carbocycles. The highest BCUT2D eigenvalue weighted by Gasteiger charge is 2.25. The number of hydrogen-bond acceptors (Lipinski definition) is 6. The van der Waals surface area contributed by atoms with Gasteiger partial charge in [-0.25, -0.2) is 4.98 Å². The van der Waals surface area contributed by atoms with Crippen molar-refractivity contribution in [2.24, 2.45) is 0 Å². The fraction of sp³-hybridized carbons (Fsp3) is 0.583. The summed E-state index contributed by atoms with van der Waals surface area (Å²) in [6, 6.07) is 5.51. The van der Waals surface area contributed by atoms with E-state index in [-0.39, 0.29) is 42.5 Å². The Morgan fingerprint density at radius 1 is 1.18 bits per heavy atom. The Bertz CT molecular complexity index is 1060. The van der Waals surface area contributed by atoms with Crippen molar-refractivity contribution in [1.29, 1.82) is 0 Å². The number of aromatic nitrogens is 2. The van der Waals surface area contributed by atoms with Crippen molar-refractivity contribution in [2.45, 2.75) is 70.4 Å². The Balaban J connectivity index is 1.27. The van der Waals surface area contributed by atoms with Crippen LogP contribution in [-0.2, 0) is 16.1 Å². The first-order valence-corrected chi connectivity index (χ1v) is 11.9. The summed E-state index contributed by atoms with van der Waals surface area (Å²) >= 11 is 0. The largest absolute Gasteiger partial charge is 0.493 e. The van der Waals surface area contributed by atoms with E-state index >= 15 is 0 Å². The van der Waals surface area contributed by atoms with E-state index < -0.39 is 0 Å². The van der Waals surface area contributed by atoms with Gasteiger partial charge in [0, 0.05) is 19.0 Å². The van der Waals surface area contributed by atoms with E-state index in [0.717, 1.165) is 44.9 Å². The van der Waals surface area contributed by atoms with Crippen molar-refractivity contribution in [1.82, 2.24) is 14.5 Å². The molecular formula is C24H32N4O5. The Morgan fingerprint density at radius 2 is 2.00 bits per heavy atom. The number of unbranched alkanes of at least 4 members (excludes halogenated alkanes) is 2. The van der Waals surface area contributed by atoms with E-state index in [0.29, 0.717) is 36.2 Å². The molecule has 0 radical (unpaired) electrons. The standard InChI is InChI=1S/C24H32N4O5/c29-14-13-27(17-8-3-1-4-9-17)21(31)12-5-2-6-15-33-19-11-7-10-18-22(19)23(32)28-16-20(30)26-24(28)25-18/h7,10-11,17,29H,1-6,8-9,12-16H2,(H,25,26,30). The van der Waals surface area contributed by atoms with Gasteiger partial charge >= 0.3 is 0 Å². The van der Waals surface area contributed by atoms with Crippen molar-refractivity contribution < 1.29 is 19.4 Å². The Hall–Kier alpha value is -2.94. The van der Waals surface area contributed by atoms with Gasteiger partial charge in [0.15, 0.2) is 0 Å². The summed E-state index contributed by atoms with van der Waals surface area (Å²) in [4.78, 5) is 43.4. The van der Waals surface area contributed by atoms with Crippen LogP contribution in [-0.4, -0.2) is 57.2 Å². The molecule has 9 nitrogen and oxygen atoms in total. The first-order chi connectivity index (χ1) is 16.1. The minimum Gasteiger partial charge on any atom is -0.493 e. The van der Waals surface area contributed by atoms with Crippen molar-refractivity contribution in [3.8, 4) is 5.75 Å². The lowest BCUT2D eigenvalue weighted by Gasteiger charge is -2.34. The molecule has 2 aromatic rings. The minimum atomic E-state index is -0.291. The second-order valence-electron chi connectivity index (χ2n) is 8.79. The van der Waals surface area contributed by atoms with Crippen LogP contribution in [0.2, 0.25) is 0 Å². The number of anilines is 1. The molecule has 178 valence electrons. The average molecular weight is 457 g/mol. The summed E-state index contributed by atoms with van der Waals surface area (Å²) in [5, 5.41) is 12.3. The van der Waals surface area contributed by atoms with E-state index in [2.05, 4.69) is 10.3 Å². The molecule has 0 bridgehead atoms. The SMILES string of the molecule is O=C1Cn2c(nc3cccc(OCCCCCC(=O)N(CCO)C4CCCCC4)c3c2=O)N1. The van der Waals surface area contributed by atoms with Crippen molar-refractivity contribution >= 4 is 28.7 Å². The van der Waals surface area contributed by atoms with E-state index in [9.17, 15) is 19.5 Å². The molecule has 2 heterocycles. The highest BCUT2D eigenvalue weighted by molar-refractivity contribution is 5.95. The quantitative estimate of drug-likeness (QED) is 0.531. The molecule has 0 atom stereocenters. The lowest BCUT2D eigenvalue weighted by atomic mass is 9.94. The van der Waals surface area contributed by atoms with Crippen LogP contribution in [0.15, 0.2) is 23.0 Å². The zero-order valence-corrected chi connectivity index (χ0v) is 18.9. The topological polar surface area (TPSA) is 114 Å². The van der Waals surface area contributed by atoms with Crippen LogP contribution in [0.4, 0.5) is 5.95 Å². The summed E-state index contributed by atoms with van der Waals surface area (Å²) in [7, 11) is 0. The summed E-state index contributed by atoms with van der Waals surface area (Å²) in [5.41, 5.74) is 0.199. The van der Waals surface area contributed by atoms with Gasteiger partial charge in [0.25, 0.3) is 5.56 Å². The van der Waals surface area contributed by atoms with Crippen LogP contribution in [0.5, 0.6) is 5.75 Å². The summed E-state index contributed by atoms with van der Waals surface area (Å²) < 4.78 is 7.21. The third kappa shape index (κ3) is 5.35. The number of carbonyl (C=O) groups excluding carboxylic acids is 2. The molecule has 1 aromatic heterocycles. The van der Waals surface area contributed by atoms with Crippen LogP contribution in [0.3, 0.4) is 0 Å². The average Bonchev–Trinajstić information content (AvgIpc) is 3.20. The molecule has 1 aliphatic heterocycles. The number of aliphatic hydroxyl groups is 1. The predicted molar refractivity (Wildman–Crippen MR) is 124 cm³/mol. The Kier molecular flexibility index (Phi) is 7.59. The molecule has 0 saturated heterocycles. The highest BCUT2D eigenvalue weighted by atomic mass is 16.5. The number of nitrogens with one attached hydrogen (secondary N) is 1. The lowest BCUT2D eigenvalue weighted by Crippen LogP contribution is -2.43. The second-order valence-corrected chi connectivity index (χ2v) is 8.79. The number of carbonyl (C=O) groups is 2. The van der Waals surface area contributed by atoms with E-state index in [1.807, 2.05) is 4.90 Å². The van der Waals surface area contributed by atoms with E-state index in [1.165, 1.54) is 11.0 Å². The van der Waals surface area contributed by atoms with Crippen molar-refractivity contribution in [3.05, 3.63) is 28.6 Å². The molecular weight excluding hydrogens is 424 g/mol. The van der Waals surface area contributed by atoms with Crippen LogP contribution >= 0.6 is 0 Å². The normalized spacial score (nSPS) is 16.0.